The minimum Gasteiger partial charge on any atom is -0.386 e. The summed E-state index contributed by atoms with van der Waals surface area (Å²) < 4.78 is 20.7. The van der Waals surface area contributed by atoms with Gasteiger partial charge in [-0.25, -0.2) is 9.97 Å². The van der Waals surface area contributed by atoms with Crippen molar-refractivity contribution in [3.05, 3.63) is 53.5 Å². The number of fused-ring (bicyclic) bond motifs is 3. The summed E-state index contributed by atoms with van der Waals surface area (Å²) in [5, 5.41) is 12.0. The zero-order chi connectivity index (χ0) is 20.6. The van der Waals surface area contributed by atoms with E-state index in [1.165, 1.54) is 17.5 Å². The highest BCUT2D eigenvalue weighted by molar-refractivity contribution is 5.86. The first kappa shape index (κ1) is 18.3. The molecule has 3 aliphatic rings. The van der Waals surface area contributed by atoms with E-state index in [1.807, 2.05) is 36.7 Å². The van der Waals surface area contributed by atoms with Crippen molar-refractivity contribution in [1.29, 1.82) is 0 Å². The average Bonchev–Trinajstić information content (AvgIpc) is 3.33. The number of nitrogens with two attached hydrogens (primary N) is 1. The van der Waals surface area contributed by atoms with Gasteiger partial charge in [0.1, 0.15) is 42.2 Å². The second-order valence-corrected chi connectivity index (χ2v) is 8.75. The Morgan fingerprint density at radius 2 is 1.93 bits per heavy atom. The van der Waals surface area contributed by atoms with Gasteiger partial charge >= 0.3 is 0 Å². The number of nitrogens with zero attached hydrogens (tertiary/aromatic N) is 3. The molecule has 2 aliphatic heterocycles. The third kappa shape index (κ3) is 2.61. The van der Waals surface area contributed by atoms with Crippen LogP contribution in [0.5, 0.6) is 0 Å². The van der Waals surface area contributed by atoms with Crippen LogP contribution in [0.4, 0.5) is 5.82 Å². The van der Waals surface area contributed by atoms with Crippen LogP contribution in [0.1, 0.15) is 42.9 Å². The summed E-state index contributed by atoms with van der Waals surface area (Å²) in [5.41, 5.74) is 10.2. The molecule has 30 heavy (non-hydrogen) atoms. The van der Waals surface area contributed by atoms with Crippen LogP contribution in [0.2, 0.25) is 0 Å². The van der Waals surface area contributed by atoms with Gasteiger partial charge in [-0.1, -0.05) is 18.2 Å². The van der Waals surface area contributed by atoms with E-state index in [9.17, 15) is 5.11 Å². The van der Waals surface area contributed by atoms with E-state index in [1.54, 1.807) is 0 Å². The lowest BCUT2D eigenvalue weighted by Crippen LogP contribution is -2.34. The predicted molar refractivity (Wildman–Crippen MR) is 108 cm³/mol. The van der Waals surface area contributed by atoms with Gasteiger partial charge in [-0.3, -0.25) is 0 Å². The monoisotopic (exact) mass is 408 g/mol. The Kier molecular flexibility index (Phi) is 3.80. The van der Waals surface area contributed by atoms with Crippen LogP contribution in [-0.4, -0.2) is 43.7 Å². The van der Waals surface area contributed by atoms with Crippen molar-refractivity contribution >= 4 is 16.9 Å². The molecule has 6 rings (SSSR count). The van der Waals surface area contributed by atoms with Crippen molar-refractivity contribution in [2.24, 2.45) is 0 Å². The number of anilines is 1. The molecule has 0 radical (unpaired) electrons. The van der Waals surface area contributed by atoms with Gasteiger partial charge < -0.3 is 29.6 Å². The van der Waals surface area contributed by atoms with Gasteiger partial charge in [0.25, 0.3) is 0 Å². The van der Waals surface area contributed by atoms with Crippen molar-refractivity contribution in [2.75, 3.05) is 5.73 Å². The third-order valence-electron chi connectivity index (χ3n) is 6.43. The highest BCUT2D eigenvalue weighted by Gasteiger charge is 2.58. The molecule has 0 spiro atoms. The van der Waals surface area contributed by atoms with Crippen LogP contribution in [0.3, 0.4) is 0 Å². The van der Waals surface area contributed by atoms with Gasteiger partial charge in [0.15, 0.2) is 12.0 Å². The first-order valence-corrected chi connectivity index (χ1v) is 10.3. The third-order valence-corrected chi connectivity index (χ3v) is 6.43. The Morgan fingerprint density at radius 1 is 1.13 bits per heavy atom. The predicted octanol–water partition coefficient (Wildman–Crippen LogP) is 2.26. The summed E-state index contributed by atoms with van der Waals surface area (Å²) in [4.78, 5) is 8.44. The lowest BCUT2D eigenvalue weighted by atomic mass is 9.85. The number of aliphatic hydroxyl groups is 1. The molecule has 5 atom stereocenters. The summed E-state index contributed by atoms with van der Waals surface area (Å²) in [6, 6.07) is 8.02. The lowest BCUT2D eigenvalue weighted by molar-refractivity contribution is -0.207. The van der Waals surface area contributed by atoms with Crippen molar-refractivity contribution in [2.45, 2.75) is 63.1 Å². The number of hydrogen-bond donors (Lipinski definition) is 2. The highest BCUT2D eigenvalue weighted by atomic mass is 16.8. The summed E-state index contributed by atoms with van der Waals surface area (Å²) in [6.07, 6.45) is 2.75. The lowest BCUT2D eigenvalue weighted by Gasteiger charge is -2.28. The maximum absolute atomic E-state index is 11.2. The van der Waals surface area contributed by atoms with Gasteiger partial charge in [-0.05, 0) is 49.4 Å². The Hall–Kier alpha value is -2.52. The van der Waals surface area contributed by atoms with E-state index in [0.29, 0.717) is 11.5 Å². The average molecular weight is 408 g/mol. The normalized spacial score (nSPS) is 30.1. The van der Waals surface area contributed by atoms with Crippen molar-refractivity contribution in [3.8, 4) is 0 Å². The molecule has 1 unspecified atom stereocenters. The molecule has 2 aromatic heterocycles. The maximum Gasteiger partial charge on any atom is 0.164 e. The smallest absolute Gasteiger partial charge is 0.164 e. The molecule has 4 heterocycles. The minimum atomic E-state index is -0.826. The number of rotatable bonds is 3. The summed E-state index contributed by atoms with van der Waals surface area (Å²) in [6.45, 7) is 3.76. The Bertz CT molecular complexity index is 1140. The summed E-state index contributed by atoms with van der Waals surface area (Å²) >= 11 is 0. The molecule has 0 saturated carbocycles. The molecule has 0 bridgehead atoms. The van der Waals surface area contributed by atoms with E-state index >= 15 is 0 Å². The van der Waals surface area contributed by atoms with Crippen LogP contribution >= 0.6 is 0 Å². The largest absolute Gasteiger partial charge is 0.386 e. The van der Waals surface area contributed by atoms with Gasteiger partial charge in [0.2, 0.25) is 0 Å². The van der Waals surface area contributed by atoms with Gasteiger partial charge in [0.05, 0.1) is 5.39 Å². The molecule has 1 aromatic carbocycles. The zero-order valence-electron chi connectivity index (χ0n) is 16.9. The second-order valence-electron chi connectivity index (χ2n) is 8.75. The molecular weight excluding hydrogens is 384 g/mol. The van der Waals surface area contributed by atoms with Crippen LogP contribution in [0.15, 0.2) is 36.8 Å². The number of aliphatic hydroxyl groups excluding tert-OH is 1. The van der Waals surface area contributed by atoms with Crippen LogP contribution < -0.4 is 5.73 Å². The fourth-order valence-electron chi connectivity index (χ4n) is 4.87. The quantitative estimate of drug-likeness (QED) is 0.685. The topological polar surface area (TPSA) is 105 Å². The SMILES string of the molecule is CC1(C)O[C@@H]2[C@@H]([C@H](O)c3ccc4c(c3)CC4)OC(n3ccc4c(N)ncnc43)[C@@H]2O1. The van der Waals surface area contributed by atoms with E-state index in [-0.39, 0.29) is 0 Å². The highest BCUT2D eigenvalue weighted by Crippen LogP contribution is 2.47. The number of benzene rings is 1. The number of nitrogen functional groups attached to an aromatic ring is 1. The molecule has 3 N–H and O–H groups in total. The molecule has 8 nitrogen and oxygen atoms in total. The maximum atomic E-state index is 11.2. The molecule has 2 saturated heterocycles. The number of hydrogen-bond acceptors (Lipinski definition) is 7. The molecule has 156 valence electrons. The second kappa shape index (κ2) is 6.24. The molecule has 8 heteroatoms. The molecule has 2 fully saturated rings. The summed E-state index contributed by atoms with van der Waals surface area (Å²) in [5.74, 6) is -0.358. The van der Waals surface area contributed by atoms with Crippen LogP contribution in [0.25, 0.3) is 11.0 Å². The minimum absolute atomic E-state index is 0.391. The number of ether oxygens (including phenoxy) is 3. The first-order valence-electron chi connectivity index (χ1n) is 10.3. The van der Waals surface area contributed by atoms with E-state index in [4.69, 9.17) is 19.9 Å². The van der Waals surface area contributed by atoms with Crippen LogP contribution in [0, 0.1) is 0 Å². The molecule has 0 amide bonds. The van der Waals surface area contributed by atoms with E-state index in [0.717, 1.165) is 23.8 Å². The van der Waals surface area contributed by atoms with Crippen molar-refractivity contribution < 1.29 is 19.3 Å². The fraction of sp³-hybridized carbons (Fsp3) is 0.455. The fourth-order valence-corrected chi connectivity index (χ4v) is 4.87. The van der Waals surface area contributed by atoms with E-state index < -0.39 is 36.4 Å². The van der Waals surface area contributed by atoms with Gasteiger partial charge in [0, 0.05) is 6.20 Å². The van der Waals surface area contributed by atoms with Gasteiger partial charge in [-0.2, -0.15) is 0 Å². The first-order chi connectivity index (χ1) is 14.4. The summed E-state index contributed by atoms with van der Waals surface area (Å²) in [7, 11) is 0. The molecule has 1 aliphatic carbocycles. The number of aromatic nitrogens is 3. The Labute approximate surface area is 173 Å². The number of aryl methyl sites for hydroxylation is 2. The van der Waals surface area contributed by atoms with Crippen molar-refractivity contribution in [3.63, 3.8) is 0 Å². The zero-order valence-corrected chi connectivity index (χ0v) is 16.9. The van der Waals surface area contributed by atoms with Gasteiger partial charge in [-0.15, -0.1) is 0 Å². The molecule has 3 aromatic rings. The standard InChI is InChI=1S/C22H24N4O4/c1-22(2)29-17-16(15(27)13-6-4-11-3-5-12(11)9-13)28-21(18(17)30-22)26-8-7-14-19(23)24-10-25-20(14)26/h4,6-10,15-18,21,27H,3,5H2,1-2H3,(H2,23,24,25)/t15-,16-,17-,18-,21?/m1/s1. The Morgan fingerprint density at radius 3 is 2.70 bits per heavy atom. The van der Waals surface area contributed by atoms with E-state index in [2.05, 4.69) is 22.1 Å². The Balaban J connectivity index is 1.38. The molecular formula is C22H24N4O4. The van der Waals surface area contributed by atoms with Crippen molar-refractivity contribution in [1.82, 2.24) is 14.5 Å². The van der Waals surface area contributed by atoms with Crippen LogP contribution in [-0.2, 0) is 27.1 Å².